The number of rotatable bonds is 2. The van der Waals surface area contributed by atoms with Crippen molar-refractivity contribution in [2.45, 2.75) is 6.92 Å². The minimum Gasteiger partial charge on any atom is -0.508 e. The third-order valence-corrected chi connectivity index (χ3v) is 4.05. The standard InChI is InChI=1S/C20H16N2O/c1-14-6-8-15(9-7-14)21-13-22-19-5-3-2-4-17(19)18-11-10-16(23)12-20(18)22/h2-13,23H,1H3/b21-13+. The van der Waals surface area contributed by atoms with E-state index in [1.165, 1.54) is 5.56 Å². The van der Waals surface area contributed by atoms with Crippen LogP contribution in [0.5, 0.6) is 5.75 Å². The molecule has 112 valence electrons. The fourth-order valence-corrected chi connectivity index (χ4v) is 2.87. The molecule has 0 atom stereocenters. The van der Waals surface area contributed by atoms with Crippen molar-refractivity contribution in [3.8, 4) is 5.75 Å². The molecule has 1 heterocycles. The second kappa shape index (κ2) is 5.29. The molecular formula is C20H16N2O. The van der Waals surface area contributed by atoms with Gasteiger partial charge in [0.1, 0.15) is 12.1 Å². The number of para-hydroxylation sites is 1. The molecule has 3 aromatic carbocycles. The van der Waals surface area contributed by atoms with E-state index in [1.807, 2.05) is 53.4 Å². The number of phenols is 1. The zero-order chi connectivity index (χ0) is 15.8. The fraction of sp³-hybridized carbons (Fsp3) is 0.0500. The summed E-state index contributed by atoms with van der Waals surface area (Å²) in [5.74, 6) is 0.255. The summed E-state index contributed by atoms with van der Waals surface area (Å²) in [6.07, 6.45) is 1.81. The van der Waals surface area contributed by atoms with Crippen LogP contribution >= 0.6 is 0 Å². The van der Waals surface area contributed by atoms with E-state index in [2.05, 4.69) is 24.0 Å². The van der Waals surface area contributed by atoms with E-state index in [1.54, 1.807) is 12.1 Å². The van der Waals surface area contributed by atoms with E-state index >= 15 is 0 Å². The summed E-state index contributed by atoms with van der Waals surface area (Å²) >= 11 is 0. The van der Waals surface area contributed by atoms with Gasteiger partial charge in [-0.15, -0.1) is 0 Å². The first-order valence-corrected chi connectivity index (χ1v) is 7.55. The molecule has 0 spiro atoms. The highest BCUT2D eigenvalue weighted by atomic mass is 16.3. The summed E-state index contributed by atoms with van der Waals surface area (Å²) in [6.45, 7) is 2.06. The molecule has 1 N–H and O–H groups in total. The van der Waals surface area contributed by atoms with Crippen LogP contribution in [0.2, 0.25) is 0 Å². The van der Waals surface area contributed by atoms with Gasteiger partial charge in [-0.25, -0.2) is 4.99 Å². The van der Waals surface area contributed by atoms with Crippen molar-refractivity contribution in [2.24, 2.45) is 4.99 Å². The summed E-state index contributed by atoms with van der Waals surface area (Å²) in [7, 11) is 0. The second-order valence-corrected chi connectivity index (χ2v) is 5.67. The number of aromatic hydroxyl groups is 1. The lowest BCUT2D eigenvalue weighted by Gasteiger charge is -2.01. The molecule has 0 unspecified atom stereocenters. The van der Waals surface area contributed by atoms with Gasteiger partial charge in [0, 0.05) is 16.8 Å². The molecule has 23 heavy (non-hydrogen) atoms. The number of nitrogens with zero attached hydrogens (tertiary/aromatic N) is 2. The first-order valence-electron chi connectivity index (χ1n) is 7.55. The molecular weight excluding hydrogens is 284 g/mol. The molecule has 1 aromatic heterocycles. The highest BCUT2D eigenvalue weighted by Crippen LogP contribution is 2.30. The fourth-order valence-electron chi connectivity index (χ4n) is 2.87. The van der Waals surface area contributed by atoms with Crippen LogP contribution in [0.15, 0.2) is 71.7 Å². The minimum atomic E-state index is 0.255. The number of fused-ring (bicyclic) bond motifs is 3. The molecule has 0 amide bonds. The lowest BCUT2D eigenvalue weighted by atomic mass is 10.1. The predicted molar refractivity (Wildman–Crippen MR) is 95.8 cm³/mol. The van der Waals surface area contributed by atoms with Gasteiger partial charge in [-0.3, -0.25) is 4.57 Å². The number of benzene rings is 3. The van der Waals surface area contributed by atoms with Gasteiger partial charge in [0.15, 0.2) is 0 Å². The minimum absolute atomic E-state index is 0.255. The van der Waals surface area contributed by atoms with Crippen LogP contribution in [0, 0.1) is 6.92 Å². The van der Waals surface area contributed by atoms with E-state index in [-0.39, 0.29) is 5.75 Å². The number of hydrogen-bond donors (Lipinski definition) is 1. The first kappa shape index (κ1) is 13.6. The van der Waals surface area contributed by atoms with Gasteiger partial charge in [-0.05, 0) is 37.3 Å². The lowest BCUT2D eigenvalue weighted by Crippen LogP contribution is -1.94. The maximum Gasteiger partial charge on any atom is 0.117 e. The van der Waals surface area contributed by atoms with Crippen molar-refractivity contribution in [3.63, 3.8) is 0 Å². The molecule has 0 fully saturated rings. The Hall–Kier alpha value is -3.07. The lowest BCUT2D eigenvalue weighted by molar-refractivity contribution is 0.476. The van der Waals surface area contributed by atoms with Crippen LogP contribution < -0.4 is 0 Å². The summed E-state index contributed by atoms with van der Waals surface area (Å²) < 4.78 is 2.02. The molecule has 0 radical (unpaired) electrons. The largest absolute Gasteiger partial charge is 0.508 e. The molecule has 0 aliphatic rings. The number of aromatic nitrogens is 1. The van der Waals surface area contributed by atoms with Gasteiger partial charge in [0.05, 0.1) is 16.7 Å². The van der Waals surface area contributed by atoms with E-state index in [0.717, 1.165) is 27.5 Å². The number of aliphatic imine (C=N–C) groups is 1. The zero-order valence-corrected chi connectivity index (χ0v) is 12.8. The Morgan fingerprint density at radius 3 is 2.43 bits per heavy atom. The summed E-state index contributed by atoms with van der Waals surface area (Å²) in [5.41, 5.74) is 4.14. The Balaban J connectivity index is 1.93. The number of phenolic OH excluding ortho intramolecular Hbond substituents is 1. The highest BCUT2D eigenvalue weighted by molar-refractivity contribution is 6.11. The average molecular weight is 300 g/mol. The van der Waals surface area contributed by atoms with E-state index < -0.39 is 0 Å². The van der Waals surface area contributed by atoms with Crippen LogP contribution in [0.1, 0.15) is 5.56 Å². The zero-order valence-electron chi connectivity index (χ0n) is 12.8. The van der Waals surface area contributed by atoms with E-state index in [4.69, 9.17) is 0 Å². The molecule has 0 aliphatic carbocycles. The average Bonchev–Trinajstić information content (AvgIpc) is 2.87. The highest BCUT2D eigenvalue weighted by Gasteiger charge is 2.09. The van der Waals surface area contributed by atoms with Gasteiger partial charge in [-0.2, -0.15) is 0 Å². The molecule has 4 rings (SSSR count). The molecule has 3 nitrogen and oxygen atoms in total. The van der Waals surface area contributed by atoms with Crippen LogP contribution in [-0.2, 0) is 0 Å². The van der Waals surface area contributed by atoms with Crippen LogP contribution in [0.25, 0.3) is 21.8 Å². The van der Waals surface area contributed by atoms with Gasteiger partial charge < -0.3 is 5.11 Å². The maximum atomic E-state index is 9.84. The van der Waals surface area contributed by atoms with Crippen LogP contribution in [0.3, 0.4) is 0 Å². The Kier molecular flexibility index (Phi) is 3.12. The summed E-state index contributed by atoms with van der Waals surface area (Å²) in [4.78, 5) is 4.58. The molecule has 0 saturated heterocycles. The molecule has 0 bridgehead atoms. The van der Waals surface area contributed by atoms with Crippen molar-refractivity contribution >= 4 is 33.8 Å². The molecule has 4 aromatic rings. The number of hydrogen-bond acceptors (Lipinski definition) is 2. The summed E-state index contributed by atoms with van der Waals surface area (Å²) in [5, 5.41) is 12.1. The Morgan fingerprint density at radius 2 is 1.61 bits per heavy atom. The van der Waals surface area contributed by atoms with Crippen molar-refractivity contribution in [1.82, 2.24) is 4.57 Å². The topological polar surface area (TPSA) is 37.5 Å². The van der Waals surface area contributed by atoms with Crippen LogP contribution in [-0.4, -0.2) is 16.0 Å². The van der Waals surface area contributed by atoms with E-state index in [9.17, 15) is 5.11 Å². The maximum absolute atomic E-state index is 9.84. The van der Waals surface area contributed by atoms with Gasteiger partial charge in [0.2, 0.25) is 0 Å². The molecule has 3 heteroatoms. The summed E-state index contributed by atoms with van der Waals surface area (Å²) in [6, 6.07) is 21.7. The van der Waals surface area contributed by atoms with Crippen molar-refractivity contribution in [3.05, 3.63) is 72.3 Å². The van der Waals surface area contributed by atoms with Gasteiger partial charge >= 0.3 is 0 Å². The van der Waals surface area contributed by atoms with Gasteiger partial charge in [-0.1, -0.05) is 35.9 Å². The SMILES string of the molecule is Cc1ccc(/N=C/n2c3ccccc3c3ccc(O)cc32)cc1. The molecule has 0 aliphatic heterocycles. The monoisotopic (exact) mass is 300 g/mol. The van der Waals surface area contributed by atoms with Crippen molar-refractivity contribution in [1.29, 1.82) is 0 Å². The Labute approximate surface area is 134 Å². The third kappa shape index (κ3) is 2.36. The van der Waals surface area contributed by atoms with Crippen LogP contribution in [0.4, 0.5) is 5.69 Å². The van der Waals surface area contributed by atoms with Gasteiger partial charge in [0.25, 0.3) is 0 Å². The van der Waals surface area contributed by atoms with Crippen molar-refractivity contribution < 1.29 is 5.11 Å². The van der Waals surface area contributed by atoms with Crippen molar-refractivity contribution in [2.75, 3.05) is 0 Å². The number of aryl methyl sites for hydroxylation is 1. The Bertz CT molecular complexity index is 1030. The molecule has 0 saturated carbocycles. The third-order valence-electron chi connectivity index (χ3n) is 4.05. The Morgan fingerprint density at radius 1 is 0.870 bits per heavy atom. The normalized spacial score (nSPS) is 11.7. The second-order valence-electron chi connectivity index (χ2n) is 5.67. The predicted octanol–water partition coefficient (Wildman–Crippen LogP) is 5.02. The smallest absolute Gasteiger partial charge is 0.117 e. The quantitative estimate of drug-likeness (QED) is 0.410. The van der Waals surface area contributed by atoms with E-state index in [0.29, 0.717) is 0 Å². The first-order chi connectivity index (χ1) is 11.2.